The fourth-order valence-electron chi connectivity index (χ4n) is 4.73. The van der Waals surface area contributed by atoms with Crippen molar-refractivity contribution in [3.05, 3.63) is 71.8 Å². The Balaban J connectivity index is 1.47. The molecule has 0 aliphatic carbocycles. The molecule has 0 spiro atoms. The second-order valence-electron chi connectivity index (χ2n) is 8.91. The van der Waals surface area contributed by atoms with E-state index in [0.717, 1.165) is 53.0 Å². The van der Waals surface area contributed by atoms with Crippen molar-refractivity contribution >= 4 is 22.7 Å². The maximum atomic E-state index is 13.2. The fraction of sp³-hybridized carbons (Fsp3) is 0.462. The molecule has 4 rings (SSSR count). The lowest BCUT2D eigenvalue weighted by molar-refractivity contribution is -0.124. The number of thioether (sulfide) groups is 1. The number of hydrogen-bond acceptors (Lipinski definition) is 5. The first kappa shape index (κ1) is 22.9. The van der Waals surface area contributed by atoms with Gasteiger partial charge in [0.05, 0.1) is 22.5 Å². The Morgan fingerprint density at radius 1 is 1.31 bits per heavy atom. The number of piperazine rings is 1. The second-order valence-corrected chi connectivity index (χ2v) is 10.1. The van der Waals surface area contributed by atoms with E-state index in [2.05, 4.69) is 40.4 Å². The summed E-state index contributed by atoms with van der Waals surface area (Å²) in [6.45, 7) is 14.4. The van der Waals surface area contributed by atoms with Gasteiger partial charge in [-0.3, -0.25) is 14.7 Å². The molecular formula is C26H34N4OS. The monoisotopic (exact) mass is 450 g/mol. The van der Waals surface area contributed by atoms with Crippen molar-refractivity contribution in [1.82, 2.24) is 14.7 Å². The largest absolute Gasteiger partial charge is 0.368 e. The predicted molar refractivity (Wildman–Crippen MR) is 135 cm³/mol. The van der Waals surface area contributed by atoms with E-state index in [9.17, 15) is 4.79 Å². The van der Waals surface area contributed by atoms with Crippen molar-refractivity contribution in [3.63, 3.8) is 0 Å². The lowest BCUT2D eigenvalue weighted by Gasteiger charge is -2.41. The van der Waals surface area contributed by atoms with E-state index in [0.29, 0.717) is 6.04 Å². The standard InChI is InChI=1S/C26H34N4OS/c1-5-22(9-10-23-18-32-21(4)27-23)19(2)15-26(31)30-17-25(11-8-20(30)3)29-14-13-28-12-6-7-24(28)16-29/h5,8-11,15,17,20,24H,1,6-7,12-14,16,18H2,2-4H3/b19-15+,22-9+,23-10+/t20?,24-/m1/s1. The van der Waals surface area contributed by atoms with Crippen LogP contribution in [-0.4, -0.2) is 69.7 Å². The van der Waals surface area contributed by atoms with Crippen molar-refractivity contribution in [2.45, 2.75) is 45.7 Å². The maximum Gasteiger partial charge on any atom is 0.251 e. The average Bonchev–Trinajstić information content (AvgIpc) is 3.42. The summed E-state index contributed by atoms with van der Waals surface area (Å²) in [4.78, 5) is 24.6. The number of hydrogen-bond donors (Lipinski definition) is 0. The molecular weight excluding hydrogens is 416 g/mol. The summed E-state index contributed by atoms with van der Waals surface area (Å²) in [6, 6.07) is 0.693. The minimum Gasteiger partial charge on any atom is -0.368 e. The fourth-order valence-corrected chi connectivity index (χ4v) is 5.43. The van der Waals surface area contributed by atoms with Gasteiger partial charge >= 0.3 is 0 Å². The SMILES string of the molecule is C=CC(=C\C=C1/CSC(C)=N1)/C(C)=C/C(=O)N1C=C(N2CCN3CCC[C@@H]3C2)C=CC1C. The second kappa shape index (κ2) is 10.1. The zero-order valence-corrected chi connectivity index (χ0v) is 20.3. The van der Waals surface area contributed by atoms with Crippen LogP contribution in [0.5, 0.6) is 0 Å². The van der Waals surface area contributed by atoms with Gasteiger partial charge in [-0.25, -0.2) is 0 Å². The first-order valence-corrected chi connectivity index (χ1v) is 12.5. The number of carbonyl (C=O) groups excluding carboxylic acids is 1. The topological polar surface area (TPSA) is 39.2 Å². The minimum absolute atomic E-state index is 0.00189. The van der Waals surface area contributed by atoms with Crippen LogP contribution in [0, 0.1) is 0 Å². The molecule has 0 aromatic heterocycles. The zero-order chi connectivity index (χ0) is 22.7. The molecule has 2 fully saturated rings. The van der Waals surface area contributed by atoms with Crippen LogP contribution in [0.2, 0.25) is 0 Å². The molecule has 170 valence electrons. The Bertz CT molecular complexity index is 955. The highest BCUT2D eigenvalue weighted by molar-refractivity contribution is 8.14. The van der Waals surface area contributed by atoms with E-state index in [1.165, 1.54) is 19.4 Å². The molecule has 6 heteroatoms. The number of fused-ring (bicyclic) bond motifs is 1. The summed E-state index contributed by atoms with van der Waals surface area (Å²) in [7, 11) is 0. The van der Waals surface area contributed by atoms with Crippen LogP contribution >= 0.6 is 11.8 Å². The molecule has 1 amide bonds. The smallest absolute Gasteiger partial charge is 0.251 e. The predicted octanol–water partition coefficient (Wildman–Crippen LogP) is 4.50. The van der Waals surface area contributed by atoms with Crippen LogP contribution in [0.3, 0.4) is 0 Å². The molecule has 0 radical (unpaired) electrons. The van der Waals surface area contributed by atoms with Crippen molar-refractivity contribution in [1.29, 1.82) is 0 Å². The van der Waals surface area contributed by atoms with Gasteiger partial charge in [0.2, 0.25) is 0 Å². The van der Waals surface area contributed by atoms with Gasteiger partial charge in [-0.15, -0.1) is 11.8 Å². The molecule has 5 nitrogen and oxygen atoms in total. The van der Waals surface area contributed by atoms with Crippen LogP contribution in [0.25, 0.3) is 0 Å². The third-order valence-electron chi connectivity index (χ3n) is 6.66. The Kier molecular flexibility index (Phi) is 7.21. The number of rotatable bonds is 5. The quantitative estimate of drug-likeness (QED) is 0.457. The maximum absolute atomic E-state index is 13.2. The summed E-state index contributed by atoms with van der Waals surface area (Å²) in [5.41, 5.74) is 4.04. The summed E-state index contributed by atoms with van der Waals surface area (Å²) in [5.74, 6) is 0.899. The molecule has 1 unspecified atom stereocenters. The Labute approximate surface area is 196 Å². The molecule has 0 N–H and O–H groups in total. The number of aliphatic imine (C=N–C) groups is 1. The van der Waals surface area contributed by atoms with Gasteiger partial charge in [0.25, 0.3) is 5.91 Å². The van der Waals surface area contributed by atoms with E-state index in [4.69, 9.17) is 0 Å². The van der Waals surface area contributed by atoms with Crippen molar-refractivity contribution < 1.29 is 4.79 Å². The number of nitrogens with zero attached hydrogens (tertiary/aromatic N) is 4. The van der Waals surface area contributed by atoms with Gasteiger partial charge in [-0.1, -0.05) is 24.8 Å². The highest BCUT2D eigenvalue weighted by Gasteiger charge is 2.32. The van der Waals surface area contributed by atoms with Crippen molar-refractivity contribution in [3.8, 4) is 0 Å². The van der Waals surface area contributed by atoms with Crippen LogP contribution in [0.15, 0.2) is 76.8 Å². The average molecular weight is 451 g/mol. The van der Waals surface area contributed by atoms with Gasteiger partial charge in [0.15, 0.2) is 0 Å². The van der Waals surface area contributed by atoms with Gasteiger partial charge in [-0.2, -0.15) is 0 Å². The molecule has 0 saturated carbocycles. The molecule has 0 aromatic carbocycles. The molecule has 2 saturated heterocycles. The highest BCUT2D eigenvalue weighted by atomic mass is 32.2. The van der Waals surface area contributed by atoms with Crippen molar-refractivity contribution in [2.75, 3.05) is 31.9 Å². The van der Waals surface area contributed by atoms with E-state index < -0.39 is 0 Å². The molecule has 2 atom stereocenters. The first-order chi connectivity index (χ1) is 15.4. The van der Waals surface area contributed by atoms with Crippen LogP contribution < -0.4 is 0 Å². The van der Waals surface area contributed by atoms with Crippen molar-refractivity contribution in [2.24, 2.45) is 4.99 Å². The van der Waals surface area contributed by atoms with Crippen LogP contribution in [-0.2, 0) is 4.79 Å². The van der Waals surface area contributed by atoms with Gasteiger partial charge in [-0.05, 0) is 63.5 Å². The van der Waals surface area contributed by atoms with E-state index >= 15 is 0 Å². The number of allylic oxidation sites excluding steroid dienone is 6. The minimum atomic E-state index is 0.00189. The number of amides is 1. The number of carbonyl (C=O) groups is 1. The summed E-state index contributed by atoms with van der Waals surface area (Å²) >= 11 is 1.75. The van der Waals surface area contributed by atoms with Gasteiger partial charge in [0.1, 0.15) is 0 Å². The molecule has 32 heavy (non-hydrogen) atoms. The van der Waals surface area contributed by atoms with E-state index in [1.54, 1.807) is 23.9 Å². The lowest BCUT2D eigenvalue weighted by atomic mass is 10.1. The normalized spacial score (nSPS) is 28.2. The van der Waals surface area contributed by atoms with E-state index in [1.807, 2.05) is 37.1 Å². The summed E-state index contributed by atoms with van der Waals surface area (Å²) in [6.07, 6.45) is 16.5. The van der Waals surface area contributed by atoms with Crippen LogP contribution in [0.1, 0.15) is 33.6 Å². The molecule has 4 aliphatic heterocycles. The van der Waals surface area contributed by atoms with Gasteiger partial charge in [0, 0.05) is 43.7 Å². The third kappa shape index (κ3) is 5.18. The molecule has 0 bridgehead atoms. The Morgan fingerprint density at radius 3 is 2.91 bits per heavy atom. The van der Waals surface area contributed by atoms with E-state index in [-0.39, 0.29) is 11.9 Å². The summed E-state index contributed by atoms with van der Waals surface area (Å²) < 4.78 is 0. The lowest BCUT2D eigenvalue weighted by Crippen LogP contribution is -2.50. The highest BCUT2D eigenvalue weighted by Crippen LogP contribution is 2.26. The van der Waals surface area contributed by atoms with Crippen LogP contribution in [0.4, 0.5) is 0 Å². The zero-order valence-electron chi connectivity index (χ0n) is 19.5. The first-order valence-electron chi connectivity index (χ1n) is 11.6. The molecule has 0 aromatic rings. The molecule has 4 heterocycles. The Morgan fingerprint density at radius 2 is 2.16 bits per heavy atom. The Hall–Kier alpha value is -2.31. The third-order valence-corrected chi connectivity index (χ3v) is 7.61. The molecule has 4 aliphatic rings. The van der Waals surface area contributed by atoms with Gasteiger partial charge < -0.3 is 9.80 Å². The summed E-state index contributed by atoms with van der Waals surface area (Å²) in [5, 5.41) is 1.09.